The number of hydrogen-bond donors (Lipinski definition) is 1. The number of morpholine rings is 1. The van der Waals surface area contributed by atoms with Crippen LogP contribution < -0.4 is 19.9 Å². The lowest BCUT2D eigenvalue weighted by Gasteiger charge is -2.18. The average Bonchev–Trinajstić information content (AvgIpc) is 3.04. The van der Waals surface area contributed by atoms with Gasteiger partial charge < -0.3 is 9.47 Å². The molecule has 11 heteroatoms. The fraction of sp³-hybridized carbons (Fsp3) is 0.308. The van der Waals surface area contributed by atoms with Gasteiger partial charge in [-0.25, -0.2) is 4.79 Å². The van der Waals surface area contributed by atoms with Gasteiger partial charge in [-0.1, -0.05) is 0 Å². The van der Waals surface area contributed by atoms with Gasteiger partial charge in [0.25, 0.3) is 11.9 Å². The van der Waals surface area contributed by atoms with Crippen molar-refractivity contribution in [3.05, 3.63) is 40.6 Å². The first-order chi connectivity index (χ1) is 11.6. The van der Waals surface area contributed by atoms with Crippen LogP contribution in [0.25, 0.3) is 0 Å². The predicted molar refractivity (Wildman–Crippen MR) is 78.2 cm³/mol. The number of carbonyl (C=O) groups excluding carboxylic acids is 1. The topological polar surface area (TPSA) is 124 Å². The molecule has 0 aliphatic carbocycles. The first-order valence-corrected chi connectivity index (χ1v) is 7.07. The van der Waals surface area contributed by atoms with Gasteiger partial charge in [0.05, 0.1) is 36.0 Å². The highest BCUT2D eigenvalue weighted by Gasteiger charge is 2.24. The molecule has 1 aliphatic rings. The van der Waals surface area contributed by atoms with E-state index in [0.717, 1.165) is 0 Å². The second-order valence-electron chi connectivity index (χ2n) is 4.82. The number of nitro groups is 1. The molecule has 0 atom stereocenters. The van der Waals surface area contributed by atoms with Crippen LogP contribution in [0.15, 0.2) is 35.0 Å². The minimum Gasteiger partial charge on any atom is -0.410 e. The zero-order valence-electron chi connectivity index (χ0n) is 12.5. The van der Waals surface area contributed by atoms with Gasteiger partial charge in [0.1, 0.15) is 5.75 Å². The van der Waals surface area contributed by atoms with Gasteiger partial charge in [-0.05, 0) is 12.1 Å². The van der Waals surface area contributed by atoms with Crippen LogP contribution >= 0.6 is 0 Å². The van der Waals surface area contributed by atoms with Crippen LogP contribution in [0.4, 0.5) is 16.4 Å². The third-order valence-corrected chi connectivity index (χ3v) is 3.22. The number of nitro benzene ring substituents is 1. The summed E-state index contributed by atoms with van der Waals surface area (Å²) in [6, 6.07) is 5.13. The third kappa shape index (κ3) is 3.76. The monoisotopic (exact) mass is 336 g/mol. The molecule has 0 saturated carbocycles. The summed E-state index contributed by atoms with van der Waals surface area (Å²) in [7, 11) is 0. The van der Waals surface area contributed by atoms with E-state index in [0.29, 0.717) is 26.3 Å². The molecule has 2 heterocycles. The number of anilines is 1. The lowest BCUT2D eigenvalue weighted by atomic mass is 10.3. The molecule has 3 rings (SSSR count). The number of benzene rings is 1. The van der Waals surface area contributed by atoms with Crippen LogP contribution in [-0.2, 0) is 4.74 Å². The smallest absolute Gasteiger partial charge is 0.410 e. The molecule has 24 heavy (non-hydrogen) atoms. The van der Waals surface area contributed by atoms with Crippen molar-refractivity contribution in [2.24, 2.45) is 0 Å². The molecule has 0 spiro atoms. The van der Waals surface area contributed by atoms with E-state index in [2.05, 4.69) is 10.6 Å². The molecule has 0 radical (unpaired) electrons. The Balaban J connectivity index is 1.56. The summed E-state index contributed by atoms with van der Waals surface area (Å²) in [4.78, 5) is 23.3. The minimum absolute atomic E-state index is 0.0930. The number of amides is 1. The zero-order chi connectivity index (χ0) is 16.9. The van der Waals surface area contributed by atoms with Crippen molar-refractivity contribution in [3.8, 4) is 5.75 Å². The molecule has 1 aromatic carbocycles. The Bertz CT molecular complexity index is 725. The molecule has 1 saturated heterocycles. The van der Waals surface area contributed by atoms with Gasteiger partial charge in [-0.15, -0.1) is 5.01 Å². The summed E-state index contributed by atoms with van der Waals surface area (Å²) < 4.78 is 15.2. The van der Waals surface area contributed by atoms with Gasteiger partial charge in [-0.3, -0.25) is 20.0 Å². The van der Waals surface area contributed by atoms with E-state index >= 15 is 0 Å². The fourth-order valence-electron chi connectivity index (χ4n) is 2.05. The van der Waals surface area contributed by atoms with E-state index in [-0.39, 0.29) is 17.3 Å². The van der Waals surface area contributed by atoms with Gasteiger partial charge >= 0.3 is 12.0 Å². The van der Waals surface area contributed by atoms with E-state index in [9.17, 15) is 14.9 Å². The summed E-state index contributed by atoms with van der Waals surface area (Å²) in [5.74, 6) is 0.270. The van der Waals surface area contributed by atoms with Crippen molar-refractivity contribution in [1.82, 2.24) is 5.27 Å². The van der Waals surface area contributed by atoms with E-state index in [1.807, 2.05) is 5.01 Å². The van der Waals surface area contributed by atoms with Crippen LogP contribution in [0.3, 0.4) is 0 Å². The van der Waals surface area contributed by atoms with Crippen LogP contribution in [0.2, 0.25) is 0 Å². The first kappa shape index (κ1) is 15.7. The third-order valence-electron chi connectivity index (χ3n) is 3.22. The number of nitrogens with zero attached hydrogens (tertiary/aromatic N) is 4. The average molecular weight is 336 g/mol. The summed E-state index contributed by atoms with van der Waals surface area (Å²) in [5, 5.41) is 18.6. The van der Waals surface area contributed by atoms with E-state index < -0.39 is 11.0 Å². The van der Waals surface area contributed by atoms with Crippen LogP contribution in [0, 0.1) is 10.1 Å². The lowest BCUT2D eigenvalue weighted by Crippen LogP contribution is -2.62. The number of nitrogens with one attached hydrogen (secondary N) is 1. The standard InChI is InChI=1S/C13H13N5O6/c19-13(23-11-3-1-10(2-4-11)18(20)21)14-12-9-17(15-24-12)16-5-7-22-8-6-16/h1-4,9H,5-8H2/p+1. The molecule has 1 aliphatic heterocycles. The highest BCUT2D eigenvalue weighted by molar-refractivity contribution is 5.84. The quantitative estimate of drug-likeness (QED) is 0.485. The van der Waals surface area contributed by atoms with E-state index in [1.165, 1.54) is 35.3 Å². The maximum absolute atomic E-state index is 11.8. The second-order valence-corrected chi connectivity index (χ2v) is 4.82. The predicted octanol–water partition coefficient (Wildman–Crippen LogP) is 0.449. The first-order valence-electron chi connectivity index (χ1n) is 7.07. The molecule has 11 nitrogen and oxygen atoms in total. The molecular weight excluding hydrogens is 322 g/mol. The maximum Gasteiger partial charge on any atom is 0.419 e. The molecular formula is C13H14N5O6+. The van der Waals surface area contributed by atoms with Crippen LogP contribution in [0.1, 0.15) is 0 Å². The summed E-state index contributed by atoms with van der Waals surface area (Å²) >= 11 is 0. The van der Waals surface area contributed by atoms with Crippen molar-refractivity contribution in [3.63, 3.8) is 0 Å². The molecule has 0 unspecified atom stereocenters. The number of non-ortho nitro benzene ring substituents is 1. The summed E-state index contributed by atoms with van der Waals surface area (Å²) in [6.45, 7) is 2.49. The van der Waals surface area contributed by atoms with Crippen LogP contribution in [-0.4, -0.2) is 42.6 Å². The van der Waals surface area contributed by atoms with Crippen molar-refractivity contribution in [2.75, 3.05) is 36.6 Å². The fourth-order valence-corrected chi connectivity index (χ4v) is 2.05. The Morgan fingerprint density at radius 3 is 2.71 bits per heavy atom. The van der Waals surface area contributed by atoms with Gasteiger partial charge in [0, 0.05) is 12.1 Å². The lowest BCUT2D eigenvalue weighted by molar-refractivity contribution is -0.759. The molecule has 1 fully saturated rings. The Morgan fingerprint density at radius 2 is 2.04 bits per heavy atom. The summed E-state index contributed by atoms with van der Waals surface area (Å²) in [6.07, 6.45) is 0.705. The normalized spacial score (nSPS) is 14.2. The van der Waals surface area contributed by atoms with Gasteiger partial charge in [0.15, 0.2) is 0 Å². The number of ether oxygens (including phenoxy) is 2. The van der Waals surface area contributed by atoms with E-state index in [4.69, 9.17) is 14.0 Å². The van der Waals surface area contributed by atoms with Gasteiger partial charge in [0.2, 0.25) is 5.27 Å². The Hall–Kier alpha value is -3.21. The Kier molecular flexibility index (Phi) is 4.52. The van der Waals surface area contributed by atoms with Crippen LogP contribution in [0.5, 0.6) is 5.75 Å². The van der Waals surface area contributed by atoms with Crippen molar-refractivity contribution >= 4 is 17.7 Å². The van der Waals surface area contributed by atoms with Crippen molar-refractivity contribution in [2.45, 2.75) is 0 Å². The largest absolute Gasteiger partial charge is 0.419 e. The SMILES string of the molecule is O=C(Nc1c[n+](N2CCOCC2)no1)Oc1ccc([N+](=O)[O-])cc1. The minimum atomic E-state index is -0.797. The number of hydrogen-bond acceptors (Lipinski definition) is 8. The molecule has 1 N–H and O–H groups in total. The highest BCUT2D eigenvalue weighted by atomic mass is 16.6. The van der Waals surface area contributed by atoms with E-state index in [1.54, 1.807) is 0 Å². The second kappa shape index (κ2) is 6.91. The Labute approximate surface area is 135 Å². The molecule has 2 aromatic rings. The number of rotatable bonds is 4. The summed E-state index contributed by atoms with van der Waals surface area (Å²) in [5.41, 5.74) is -0.0930. The molecule has 0 bridgehead atoms. The highest BCUT2D eigenvalue weighted by Crippen LogP contribution is 2.17. The Morgan fingerprint density at radius 1 is 1.33 bits per heavy atom. The van der Waals surface area contributed by atoms with Gasteiger partial charge in [-0.2, -0.15) is 0 Å². The number of carbonyl (C=O) groups is 1. The number of aromatic nitrogens is 2. The molecule has 126 valence electrons. The molecule has 1 amide bonds. The zero-order valence-corrected chi connectivity index (χ0v) is 12.5. The molecule has 1 aromatic heterocycles. The maximum atomic E-state index is 11.8. The van der Waals surface area contributed by atoms with Crippen molar-refractivity contribution < 1.29 is 28.5 Å². The van der Waals surface area contributed by atoms with Crippen molar-refractivity contribution in [1.29, 1.82) is 0 Å².